The van der Waals surface area contributed by atoms with E-state index in [9.17, 15) is 0 Å². The third kappa shape index (κ3) is 12.3. The van der Waals surface area contributed by atoms with E-state index in [0.717, 1.165) is 19.4 Å². The first-order chi connectivity index (χ1) is 8.85. The van der Waals surface area contributed by atoms with Crippen LogP contribution in [-0.2, 0) is 0 Å². The molecule has 0 radical (unpaired) electrons. The van der Waals surface area contributed by atoms with Gasteiger partial charge in [-0.15, -0.1) is 0 Å². The van der Waals surface area contributed by atoms with Crippen LogP contribution < -0.4 is 10.6 Å². The molecule has 0 aromatic rings. The van der Waals surface area contributed by atoms with Crippen molar-refractivity contribution in [2.75, 3.05) is 32.8 Å². The van der Waals surface area contributed by atoms with Crippen LogP contribution in [0, 0.1) is 0 Å². The average Bonchev–Trinajstić information content (AvgIpc) is 2.51. The van der Waals surface area contributed by atoms with Crippen molar-refractivity contribution in [3.05, 3.63) is 0 Å². The van der Waals surface area contributed by atoms with E-state index >= 15 is 0 Å². The molecular weight excluding hydrogens is 228 g/mol. The Labute approximate surface area is 112 Å². The zero-order chi connectivity index (χ0) is 13.5. The Morgan fingerprint density at radius 3 is 1.78 bits per heavy atom. The topological polar surface area (TPSA) is 64.5 Å². The third-order valence-corrected chi connectivity index (χ3v) is 3.06. The number of piperidine rings is 2. The van der Waals surface area contributed by atoms with Gasteiger partial charge in [-0.1, -0.05) is 19.8 Å². The van der Waals surface area contributed by atoms with Crippen LogP contribution in [0.25, 0.3) is 0 Å². The first kappa shape index (κ1) is 17.8. The molecule has 0 spiro atoms. The summed E-state index contributed by atoms with van der Waals surface area (Å²) in [4.78, 5) is 0. The molecule has 2 aliphatic heterocycles. The molecule has 2 fully saturated rings. The maximum Gasteiger partial charge on any atom is 0.0584 e. The Hall–Kier alpha value is -0.160. The minimum Gasteiger partial charge on any atom is -0.396 e. The largest absolute Gasteiger partial charge is 0.396 e. The van der Waals surface area contributed by atoms with Gasteiger partial charge in [-0.25, -0.2) is 0 Å². The average molecular weight is 260 g/mol. The second-order valence-electron chi connectivity index (χ2n) is 4.86. The van der Waals surface area contributed by atoms with E-state index in [1.807, 2.05) is 6.92 Å². The maximum atomic E-state index is 8.63. The van der Waals surface area contributed by atoms with Gasteiger partial charge in [0.25, 0.3) is 0 Å². The molecule has 110 valence electrons. The fraction of sp³-hybridized carbons (Fsp3) is 1.00. The van der Waals surface area contributed by atoms with Crippen molar-refractivity contribution in [3.63, 3.8) is 0 Å². The summed E-state index contributed by atoms with van der Waals surface area (Å²) in [5, 5.41) is 23.0. The molecule has 0 amide bonds. The Morgan fingerprint density at radius 1 is 0.944 bits per heavy atom. The van der Waals surface area contributed by atoms with Crippen molar-refractivity contribution in [1.82, 2.24) is 10.6 Å². The fourth-order valence-corrected chi connectivity index (χ4v) is 1.88. The normalized spacial score (nSPS) is 23.2. The van der Waals surface area contributed by atoms with Crippen LogP contribution in [0.2, 0.25) is 0 Å². The Kier molecular flexibility index (Phi) is 14.8. The van der Waals surface area contributed by atoms with E-state index in [0.29, 0.717) is 19.3 Å². The molecule has 0 aliphatic carbocycles. The second-order valence-corrected chi connectivity index (χ2v) is 4.86. The molecule has 1 atom stereocenters. The van der Waals surface area contributed by atoms with Crippen LogP contribution in [0.5, 0.6) is 0 Å². The van der Waals surface area contributed by atoms with E-state index in [4.69, 9.17) is 10.2 Å². The van der Waals surface area contributed by atoms with E-state index in [2.05, 4.69) is 10.6 Å². The summed E-state index contributed by atoms with van der Waals surface area (Å²) < 4.78 is 0. The molecule has 0 aromatic heterocycles. The minimum atomic E-state index is 0.306. The third-order valence-electron chi connectivity index (χ3n) is 3.06. The molecule has 18 heavy (non-hydrogen) atoms. The minimum absolute atomic E-state index is 0.306. The fourth-order valence-electron chi connectivity index (χ4n) is 1.88. The molecule has 4 nitrogen and oxygen atoms in total. The zero-order valence-electron chi connectivity index (χ0n) is 12.0. The first-order valence-electron chi connectivity index (χ1n) is 7.51. The van der Waals surface area contributed by atoms with E-state index in [1.165, 1.54) is 45.2 Å². The van der Waals surface area contributed by atoms with Gasteiger partial charge in [0.05, 0.1) is 6.61 Å². The number of aliphatic hydroxyl groups excluding tert-OH is 2. The van der Waals surface area contributed by atoms with Crippen molar-refractivity contribution in [3.8, 4) is 0 Å². The molecule has 0 aromatic carbocycles. The smallest absolute Gasteiger partial charge is 0.0584 e. The lowest BCUT2D eigenvalue weighted by Gasteiger charge is -2.20. The summed E-state index contributed by atoms with van der Waals surface area (Å²) in [7, 11) is 0. The summed E-state index contributed by atoms with van der Waals surface area (Å²) in [6.07, 6.45) is 8.79. The number of rotatable bonds is 2. The van der Waals surface area contributed by atoms with E-state index < -0.39 is 0 Å². The van der Waals surface area contributed by atoms with Gasteiger partial charge in [-0.3, -0.25) is 0 Å². The monoisotopic (exact) mass is 260 g/mol. The predicted octanol–water partition coefficient (Wildman–Crippen LogP) is 1.27. The molecule has 2 saturated heterocycles. The standard InChI is InChI=1S/C6H13NO.C5H11N.C3H8O/c8-5-6-3-1-2-4-7-6;1-2-4-6-5-3-1;1-2-3-4/h6-8H,1-5H2;6H,1-5H2;4H,2-3H2,1H3/t6-;;/m0../s1. The Balaban J connectivity index is 0.000000257. The van der Waals surface area contributed by atoms with Crippen molar-refractivity contribution < 1.29 is 10.2 Å². The molecule has 0 saturated carbocycles. The van der Waals surface area contributed by atoms with Gasteiger partial charge in [0.2, 0.25) is 0 Å². The van der Waals surface area contributed by atoms with Gasteiger partial charge in [0.15, 0.2) is 0 Å². The first-order valence-corrected chi connectivity index (χ1v) is 7.51. The summed E-state index contributed by atoms with van der Waals surface area (Å²) in [6.45, 7) is 6.14. The molecule has 2 aliphatic rings. The van der Waals surface area contributed by atoms with Gasteiger partial charge in [0, 0.05) is 12.6 Å². The van der Waals surface area contributed by atoms with E-state index in [1.54, 1.807) is 0 Å². The van der Waals surface area contributed by atoms with Gasteiger partial charge in [0.1, 0.15) is 0 Å². The maximum absolute atomic E-state index is 8.63. The van der Waals surface area contributed by atoms with Crippen molar-refractivity contribution in [2.24, 2.45) is 0 Å². The van der Waals surface area contributed by atoms with Crippen LogP contribution in [0.1, 0.15) is 51.9 Å². The van der Waals surface area contributed by atoms with Crippen LogP contribution >= 0.6 is 0 Å². The highest BCUT2D eigenvalue weighted by atomic mass is 16.3. The lowest BCUT2D eigenvalue weighted by molar-refractivity contribution is 0.220. The zero-order valence-corrected chi connectivity index (χ0v) is 12.0. The highest BCUT2D eigenvalue weighted by Gasteiger charge is 2.09. The van der Waals surface area contributed by atoms with Gasteiger partial charge >= 0.3 is 0 Å². The lowest BCUT2D eigenvalue weighted by atomic mass is 10.1. The SMILES string of the molecule is C1CCNCC1.CCCO.OC[C@@H]1CCCCN1. The predicted molar refractivity (Wildman–Crippen MR) is 76.8 cm³/mol. The van der Waals surface area contributed by atoms with Gasteiger partial charge in [-0.05, 0) is 51.7 Å². The van der Waals surface area contributed by atoms with Crippen LogP contribution in [-0.4, -0.2) is 49.1 Å². The summed E-state index contributed by atoms with van der Waals surface area (Å²) >= 11 is 0. The van der Waals surface area contributed by atoms with Gasteiger partial charge < -0.3 is 20.8 Å². The van der Waals surface area contributed by atoms with Crippen molar-refractivity contribution in [1.29, 1.82) is 0 Å². The lowest BCUT2D eigenvalue weighted by Crippen LogP contribution is -2.36. The molecule has 4 heteroatoms. The molecule has 0 bridgehead atoms. The molecule has 2 rings (SSSR count). The molecule has 4 N–H and O–H groups in total. The van der Waals surface area contributed by atoms with Crippen molar-refractivity contribution >= 4 is 0 Å². The number of hydrogen-bond acceptors (Lipinski definition) is 4. The molecular formula is C14H32N2O2. The highest BCUT2D eigenvalue weighted by Crippen LogP contribution is 2.04. The van der Waals surface area contributed by atoms with Crippen LogP contribution in [0.4, 0.5) is 0 Å². The van der Waals surface area contributed by atoms with Gasteiger partial charge in [-0.2, -0.15) is 0 Å². The molecule has 2 heterocycles. The quantitative estimate of drug-likeness (QED) is 0.604. The summed E-state index contributed by atoms with van der Waals surface area (Å²) in [5.41, 5.74) is 0. The Bertz CT molecular complexity index is 133. The number of nitrogens with one attached hydrogen (secondary N) is 2. The van der Waals surface area contributed by atoms with Crippen molar-refractivity contribution in [2.45, 2.75) is 57.9 Å². The molecule has 0 unspecified atom stereocenters. The number of hydrogen-bond donors (Lipinski definition) is 4. The summed E-state index contributed by atoms with van der Waals surface area (Å²) in [5.74, 6) is 0. The van der Waals surface area contributed by atoms with Crippen LogP contribution in [0.3, 0.4) is 0 Å². The number of aliphatic hydroxyl groups is 2. The second kappa shape index (κ2) is 14.9. The summed E-state index contributed by atoms with van der Waals surface area (Å²) in [6, 6.07) is 0.392. The Morgan fingerprint density at radius 2 is 1.56 bits per heavy atom. The highest BCUT2D eigenvalue weighted by molar-refractivity contribution is 4.69. The van der Waals surface area contributed by atoms with E-state index in [-0.39, 0.29) is 0 Å². The van der Waals surface area contributed by atoms with Crippen LogP contribution in [0.15, 0.2) is 0 Å².